The van der Waals surface area contributed by atoms with Gasteiger partial charge >= 0.3 is 0 Å². The fourth-order valence-electron chi connectivity index (χ4n) is 3.66. The summed E-state index contributed by atoms with van der Waals surface area (Å²) < 4.78 is 5.39. The van der Waals surface area contributed by atoms with Gasteiger partial charge in [0.05, 0.1) is 7.11 Å². The fourth-order valence-corrected chi connectivity index (χ4v) is 3.66. The molecule has 0 radical (unpaired) electrons. The summed E-state index contributed by atoms with van der Waals surface area (Å²) in [5.41, 5.74) is 5.47. The van der Waals surface area contributed by atoms with Crippen LogP contribution in [0.4, 0.5) is 0 Å². The van der Waals surface area contributed by atoms with Gasteiger partial charge in [0, 0.05) is 29.7 Å². The fraction of sp³-hybridized carbons (Fsp3) is 0.300. The highest BCUT2D eigenvalue weighted by molar-refractivity contribution is 5.83. The van der Waals surface area contributed by atoms with E-state index in [1.54, 1.807) is 7.11 Å². The average molecular weight is 306 g/mol. The summed E-state index contributed by atoms with van der Waals surface area (Å²) in [5, 5.41) is 1.34. The third-order valence-electron chi connectivity index (χ3n) is 5.04. The minimum absolute atomic E-state index is 0.522. The number of aromatic amines is 1. The molecule has 1 aromatic heterocycles. The van der Waals surface area contributed by atoms with Gasteiger partial charge in [-0.3, -0.25) is 4.90 Å². The number of ether oxygens (including phenoxy) is 1. The maximum absolute atomic E-state index is 5.39. The maximum Gasteiger partial charge on any atom is 0.119 e. The topological polar surface area (TPSA) is 28.3 Å². The number of hydrogen-bond donors (Lipinski definition) is 1. The summed E-state index contributed by atoms with van der Waals surface area (Å²) in [4.78, 5) is 5.86. The quantitative estimate of drug-likeness (QED) is 0.798. The lowest BCUT2D eigenvalue weighted by atomic mass is 9.90. The average Bonchev–Trinajstić information content (AvgIpc) is 2.98. The van der Waals surface area contributed by atoms with Crippen molar-refractivity contribution in [3.8, 4) is 5.75 Å². The zero-order valence-corrected chi connectivity index (χ0v) is 13.7. The Morgan fingerprint density at radius 3 is 2.91 bits per heavy atom. The van der Waals surface area contributed by atoms with E-state index in [1.165, 1.54) is 27.6 Å². The first-order chi connectivity index (χ1) is 11.2. The van der Waals surface area contributed by atoms with E-state index in [1.807, 2.05) is 0 Å². The predicted octanol–water partition coefficient (Wildman–Crippen LogP) is 3.78. The third kappa shape index (κ3) is 2.62. The minimum atomic E-state index is 0.522. The van der Waals surface area contributed by atoms with Gasteiger partial charge in [-0.1, -0.05) is 24.3 Å². The lowest BCUT2D eigenvalue weighted by molar-refractivity contribution is 0.214. The van der Waals surface area contributed by atoms with Gasteiger partial charge in [-0.15, -0.1) is 0 Å². The second kappa shape index (κ2) is 5.74. The van der Waals surface area contributed by atoms with Gasteiger partial charge in [-0.25, -0.2) is 0 Å². The summed E-state index contributed by atoms with van der Waals surface area (Å²) in [5.74, 6) is 0.958. The SMILES string of the molecule is COc1ccc2c(c1)CC(Cc1c[nH]c3ccccc13)N(C)C2. The van der Waals surface area contributed by atoms with E-state index in [0.29, 0.717) is 6.04 Å². The van der Waals surface area contributed by atoms with Crippen molar-refractivity contribution in [2.45, 2.75) is 25.4 Å². The number of para-hydroxylation sites is 1. The van der Waals surface area contributed by atoms with Crippen molar-refractivity contribution in [2.24, 2.45) is 0 Å². The highest BCUT2D eigenvalue weighted by atomic mass is 16.5. The monoisotopic (exact) mass is 306 g/mol. The molecule has 1 N–H and O–H groups in total. The van der Waals surface area contributed by atoms with E-state index in [-0.39, 0.29) is 0 Å². The van der Waals surface area contributed by atoms with Crippen LogP contribution in [-0.4, -0.2) is 30.1 Å². The number of likely N-dealkylation sites (N-methyl/N-ethyl adjacent to an activating group) is 1. The number of aromatic nitrogens is 1. The lowest BCUT2D eigenvalue weighted by Crippen LogP contribution is -2.38. The summed E-state index contributed by atoms with van der Waals surface area (Å²) in [6, 6.07) is 15.5. The molecule has 3 nitrogen and oxygen atoms in total. The molecule has 118 valence electrons. The molecule has 2 aromatic carbocycles. The molecule has 0 saturated carbocycles. The molecular formula is C20H22N2O. The molecule has 0 aliphatic carbocycles. The van der Waals surface area contributed by atoms with Crippen molar-refractivity contribution in [1.82, 2.24) is 9.88 Å². The van der Waals surface area contributed by atoms with Crippen LogP contribution in [0.1, 0.15) is 16.7 Å². The molecule has 1 unspecified atom stereocenters. The van der Waals surface area contributed by atoms with Crippen LogP contribution < -0.4 is 4.74 Å². The molecule has 0 bridgehead atoms. The van der Waals surface area contributed by atoms with Gasteiger partial charge in [0.1, 0.15) is 5.75 Å². The van der Waals surface area contributed by atoms with Crippen LogP contribution in [0, 0.1) is 0 Å². The molecule has 0 amide bonds. The molecule has 0 fully saturated rings. The van der Waals surface area contributed by atoms with Crippen molar-refractivity contribution in [3.63, 3.8) is 0 Å². The van der Waals surface area contributed by atoms with E-state index in [4.69, 9.17) is 4.74 Å². The van der Waals surface area contributed by atoms with E-state index < -0.39 is 0 Å². The second-order valence-electron chi connectivity index (χ2n) is 6.47. The highest BCUT2D eigenvalue weighted by Crippen LogP contribution is 2.29. The molecule has 0 spiro atoms. The number of hydrogen-bond acceptors (Lipinski definition) is 2. The van der Waals surface area contributed by atoms with E-state index in [9.17, 15) is 0 Å². The molecular weight excluding hydrogens is 284 g/mol. The Morgan fingerprint density at radius 2 is 2.04 bits per heavy atom. The first kappa shape index (κ1) is 14.3. The number of nitrogens with one attached hydrogen (secondary N) is 1. The van der Waals surface area contributed by atoms with Crippen LogP contribution in [0.3, 0.4) is 0 Å². The van der Waals surface area contributed by atoms with Gasteiger partial charge in [0.25, 0.3) is 0 Å². The van der Waals surface area contributed by atoms with E-state index in [0.717, 1.165) is 25.1 Å². The Hall–Kier alpha value is -2.26. The van der Waals surface area contributed by atoms with Crippen LogP contribution in [0.25, 0.3) is 10.9 Å². The zero-order valence-electron chi connectivity index (χ0n) is 13.7. The van der Waals surface area contributed by atoms with Crippen molar-refractivity contribution >= 4 is 10.9 Å². The summed E-state index contributed by atoms with van der Waals surface area (Å²) >= 11 is 0. The van der Waals surface area contributed by atoms with Gasteiger partial charge in [-0.05, 0) is 54.8 Å². The van der Waals surface area contributed by atoms with Crippen molar-refractivity contribution in [2.75, 3.05) is 14.2 Å². The molecule has 1 aliphatic rings. The Labute approximate surface area is 136 Å². The van der Waals surface area contributed by atoms with Crippen LogP contribution >= 0.6 is 0 Å². The molecule has 1 atom stereocenters. The molecule has 0 saturated heterocycles. The number of nitrogens with zero attached hydrogens (tertiary/aromatic N) is 1. The Morgan fingerprint density at radius 1 is 1.17 bits per heavy atom. The molecule has 3 heteroatoms. The summed E-state index contributed by atoms with van der Waals surface area (Å²) in [6.45, 7) is 1.01. The smallest absolute Gasteiger partial charge is 0.119 e. The zero-order chi connectivity index (χ0) is 15.8. The van der Waals surface area contributed by atoms with Gasteiger partial charge in [0.2, 0.25) is 0 Å². The van der Waals surface area contributed by atoms with Crippen LogP contribution in [0.15, 0.2) is 48.7 Å². The lowest BCUT2D eigenvalue weighted by Gasteiger charge is -2.34. The minimum Gasteiger partial charge on any atom is -0.497 e. The first-order valence-electron chi connectivity index (χ1n) is 8.15. The van der Waals surface area contributed by atoms with Crippen molar-refractivity contribution in [1.29, 1.82) is 0 Å². The van der Waals surface area contributed by atoms with Crippen LogP contribution in [0.5, 0.6) is 5.75 Å². The van der Waals surface area contributed by atoms with Gasteiger partial charge in [0.15, 0.2) is 0 Å². The Balaban J connectivity index is 1.62. The molecule has 4 rings (SSSR count). The maximum atomic E-state index is 5.39. The summed E-state index contributed by atoms with van der Waals surface area (Å²) in [7, 11) is 3.97. The largest absolute Gasteiger partial charge is 0.497 e. The predicted molar refractivity (Wildman–Crippen MR) is 94.0 cm³/mol. The number of fused-ring (bicyclic) bond motifs is 2. The van der Waals surface area contributed by atoms with Gasteiger partial charge in [-0.2, -0.15) is 0 Å². The first-order valence-corrected chi connectivity index (χ1v) is 8.15. The Kier molecular flexibility index (Phi) is 3.58. The van der Waals surface area contributed by atoms with Crippen LogP contribution in [0.2, 0.25) is 0 Å². The number of methoxy groups -OCH3 is 1. The molecule has 23 heavy (non-hydrogen) atoms. The van der Waals surface area contributed by atoms with Crippen LogP contribution in [-0.2, 0) is 19.4 Å². The molecule has 1 aliphatic heterocycles. The number of H-pyrrole nitrogens is 1. The highest BCUT2D eigenvalue weighted by Gasteiger charge is 2.24. The second-order valence-corrected chi connectivity index (χ2v) is 6.47. The van der Waals surface area contributed by atoms with Crippen molar-refractivity contribution < 1.29 is 4.74 Å². The Bertz CT molecular complexity index is 837. The van der Waals surface area contributed by atoms with Crippen molar-refractivity contribution in [3.05, 3.63) is 65.4 Å². The summed E-state index contributed by atoms with van der Waals surface area (Å²) in [6.07, 6.45) is 4.30. The standard InChI is InChI=1S/C20H22N2O/c1-22-13-14-7-8-18(23-2)11-15(14)9-17(22)10-16-12-21-20-6-4-3-5-19(16)20/h3-8,11-12,17,21H,9-10,13H2,1-2H3. The third-order valence-corrected chi connectivity index (χ3v) is 5.04. The molecule has 3 aromatic rings. The number of rotatable bonds is 3. The number of benzene rings is 2. The van der Waals surface area contributed by atoms with E-state index >= 15 is 0 Å². The van der Waals surface area contributed by atoms with E-state index in [2.05, 4.69) is 65.6 Å². The van der Waals surface area contributed by atoms with Gasteiger partial charge < -0.3 is 9.72 Å². The normalized spacial score (nSPS) is 18.1. The molecule has 2 heterocycles.